The van der Waals surface area contributed by atoms with Crippen LogP contribution >= 0.6 is 0 Å². The van der Waals surface area contributed by atoms with Crippen LogP contribution in [0.1, 0.15) is 26.7 Å². The van der Waals surface area contributed by atoms with Crippen molar-refractivity contribution in [2.24, 2.45) is 5.92 Å². The van der Waals surface area contributed by atoms with Gasteiger partial charge in [-0.15, -0.1) is 0 Å². The molecule has 2 N–H and O–H groups in total. The summed E-state index contributed by atoms with van der Waals surface area (Å²) < 4.78 is 5.23. The van der Waals surface area contributed by atoms with Crippen molar-refractivity contribution >= 4 is 11.6 Å². The number of amides is 1. The largest absolute Gasteiger partial charge is 0.495 e. The number of anilines is 1. The van der Waals surface area contributed by atoms with Gasteiger partial charge in [0.2, 0.25) is 5.91 Å². The number of methoxy groups -OCH3 is 1. The highest BCUT2D eigenvalue weighted by Gasteiger charge is 2.03. The summed E-state index contributed by atoms with van der Waals surface area (Å²) >= 11 is 0. The molecule has 0 spiro atoms. The second-order valence-corrected chi connectivity index (χ2v) is 4.91. The van der Waals surface area contributed by atoms with Gasteiger partial charge < -0.3 is 15.4 Å². The van der Waals surface area contributed by atoms with Gasteiger partial charge in [0.15, 0.2) is 0 Å². The third kappa shape index (κ3) is 6.13. The Morgan fingerprint density at radius 3 is 2.68 bits per heavy atom. The monoisotopic (exact) mass is 264 g/mol. The molecule has 0 aliphatic rings. The number of benzene rings is 1. The van der Waals surface area contributed by atoms with Crippen molar-refractivity contribution in [1.82, 2.24) is 5.32 Å². The van der Waals surface area contributed by atoms with Crippen LogP contribution in [0.25, 0.3) is 0 Å². The van der Waals surface area contributed by atoms with Gasteiger partial charge in [-0.2, -0.15) is 0 Å². The molecule has 1 aromatic rings. The number of hydrogen-bond donors (Lipinski definition) is 2. The summed E-state index contributed by atoms with van der Waals surface area (Å²) in [5, 5.41) is 6.13. The molecule has 0 radical (unpaired) electrons. The van der Waals surface area contributed by atoms with E-state index in [2.05, 4.69) is 24.5 Å². The molecular formula is C15H24N2O2. The Labute approximate surface area is 115 Å². The zero-order valence-electron chi connectivity index (χ0n) is 12.0. The average Bonchev–Trinajstić information content (AvgIpc) is 2.39. The van der Waals surface area contributed by atoms with Crippen LogP contribution in [0.15, 0.2) is 24.3 Å². The van der Waals surface area contributed by atoms with Crippen LogP contribution in [0.4, 0.5) is 5.69 Å². The van der Waals surface area contributed by atoms with Crippen molar-refractivity contribution in [3.63, 3.8) is 0 Å². The summed E-state index contributed by atoms with van der Waals surface area (Å²) in [4.78, 5) is 11.6. The van der Waals surface area contributed by atoms with Crippen LogP contribution in [-0.4, -0.2) is 26.1 Å². The van der Waals surface area contributed by atoms with Gasteiger partial charge in [-0.25, -0.2) is 0 Å². The molecule has 0 fully saturated rings. The fraction of sp³-hybridized carbons (Fsp3) is 0.533. The third-order valence-corrected chi connectivity index (χ3v) is 2.82. The molecule has 0 aliphatic carbocycles. The Balaban J connectivity index is 2.24. The summed E-state index contributed by atoms with van der Waals surface area (Å²) in [6.45, 7) is 5.66. The van der Waals surface area contributed by atoms with E-state index in [-0.39, 0.29) is 5.91 Å². The molecule has 19 heavy (non-hydrogen) atoms. The summed E-state index contributed by atoms with van der Waals surface area (Å²) in [5.41, 5.74) is 0.917. The molecule has 0 bridgehead atoms. The first-order chi connectivity index (χ1) is 9.13. The molecule has 0 aliphatic heterocycles. The third-order valence-electron chi connectivity index (χ3n) is 2.82. The number of ether oxygens (including phenoxy) is 1. The van der Waals surface area contributed by atoms with Gasteiger partial charge in [0.25, 0.3) is 0 Å². The van der Waals surface area contributed by atoms with Gasteiger partial charge in [-0.3, -0.25) is 4.79 Å². The van der Waals surface area contributed by atoms with Crippen LogP contribution in [0, 0.1) is 5.92 Å². The average molecular weight is 264 g/mol. The molecule has 0 atom stereocenters. The minimum absolute atomic E-state index is 0.0862. The van der Waals surface area contributed by atoms with E-state index in [1.165, 1.54) is 0 Å². The second kappa shape index (κ2) is 8.40. The quantitative estimate of drug-likeness (QED) is 0.759. The zero-order chi connectivity index (χ0) is 14.1. The highest BCUT2D eigenvalue weighted by atomic mass is 16.5. The van der Waals surface area contributed by atoms with Gasteiger partial charge >= 0.3 is 0 Å². The van der Waals surface area contributed by atoms with E-state index in [1.54, 1.807) is 7.11 Å². The number of para-hydroxylation sites is 2. The van der Waals surface area contributed by atoms with Crippen LogP contribution < -0.4 is 15.4 Å². The van der Waals surface area contributed by atoms with Gasteiger partial charge in [0, 0.05) is 19.5 Å². The number of carbonyl (C=O) groups excluding carboxylic acids is 1. The van der Waals surface area contributed by atoms with Crippen molar-refractivity contribution in [2.75, 3.05) is 25.5 Å². The van der Waals surface area contributed by atoms with Crippen LogP contribution in [0.2, 0.25) is 0 Å². The van der Waals surface area contributed by atoms with E-state index in [0.29, 0.717) is 18.9 Å². The van der Waals surface area contributed by atoms with Crippen LogP contribution in [0.5, 0.6) is 5.75 Å². The van der Waals surface area contributed by atoms with Crippen molar-refractivity contribution in [3.05, 3.63) is 24.3 Å². The number of rotatable bonds is 8. The Bertz CT molecular complexity index is 391. The highest BCUT2D eigenvalue weighted by Crippen LogP contribution is 2.22. The van der Waals surface area contributed by atoms with Gasteiger partial charge in [0.05, 0.1) is 12.8 Å². The van der Waals surface area contributed by atoms with Crippen LogP contribution in [-0.2, 0) is 4.79 Å². The Morgan fingerprint density at radius 1 is 1.26 bits per heavy atom. The molecule has 1 amide bonds. The smallest absolute Gasteiger partial charge is 0.221 e. The standard InChI is InChI=1S/C15H24N2O2/c1-12(2)8-10-17-15(18)9-11-16-13-6-4-5-7-14(13)19-3/h4-7,12,16H,8-11H2,1-3H3,(H,17,18). The number of hydrogen-bond acceptors (Lipinski definition) is 3. The van der Waals surface area contributed by atoms with Crippen molar-refractivity contribution in [2.45, 2.75) is 26.7 Å². The lowest BCUT2D eigenvalue weighted by molar-refractivity contribution is -0.120. The minimum atomic E-state index is 0.0862. The minimum Gasteiger partial charge on any atom is -0.495 e. The lowest BCUT2D eigenvalue weighted by Gasteiger charge is -2.11. The van der Waals surface area contributed by atoms with Gasteiger partial charge in [-0.1, -0.05) is 26.0 Å². The summed E-state index contributed by atoms with van der Waals surface area (Å²) in [6, 6.07) is 7.69. The summed E-state index contributed by atoms with van der Waals surface area (Å²) in [6.07, 6.45) is 1.49. The predicted octanol–water partition coefficient (Wildman–Crippen LogP) is 2.66. The summed E-state index contributed by atoms with van der Waals surface area (Å²) in [7, 11) is 1.64. The maximum absolute atomic E-state index is 11.6. The van der Waals surface area contributed by atoms with Gasteiger partial charge in [-0.05, 0) is 24.5 Å². The molecule has 4 heteroatoms. The molecule has 1 rings (SSSR count). The molecule has 0 saturated heterocycles. The highest BCUT2D eigenvalue weighted by molar-refractivity contribution is 5.76. The van der Waals surface area contributed by atoms with Crippen molar-refractivity contribution in [1.29, 1.82) is 0 Å². The van der Waals surface area contributed by atoms with E-state index in [0.717, 1.165) is 24.4 Å². The molecule has 0 aromatic heterocycles. The number of carbonyl (C=O) groups is 1. The van der Waals surface area contributed by atoms with Crippen LogP contribution in [0.3, 0.4) is 0 Å². The SMILES string of the molecule is COc1ccccc1NCCC(=O)NCCC(C)C. The first kappa shape index (κ1) is 15.3. The van der Waals surface area contributed by atoms with E-state index < -0.39 is 0 Å². The maximum atomic E-state index is 11.6. The molecule has 106 valence electrons. The fourth-order valence-corrected chi connectivity index (χ4v) is 1.69. The molecule has 1 aromatic carbocycles. The molecular weight excluding hydrogens is 240 g/mol. The number of nitrogens with one attached hydrogen (secondary N) is 2. The molecule has 0 saturated carbocycles. The first-order valence-electron chi connectivity index (χ1n) is 6.77. The Hall–Kier alpha value is -1.71. The van der Waals surface area contributed by atoms with E-state index in [4.69, 9.17) is 4.74 Å². The van der Waals surface area contributed by atoms with Crippen molar-refractivity contribution < 1.29 is 9.53 Å². The molecule has 0 unspecified atom stereocenters. The Kier molecular flexibility index (Phi) is 6.79. The molecule has 4 nitrogen and oxygen atoms in total. The molecule has 0 heterocycles. The first-order valence-corrected chi connectivity index (χ1v) is 6.77. The topological polar surface area (TPSA) is 50.4 Å². The van der Waals surface area contributed by atoms with Gasteiger partial charge in [0.1, 0.15) is 5.75 Å². The normalized spacial score (nSPS) is 10.3. The lowest BCUT2D eigenvalue weighted by atomic mass is 10.1. The van der Waals surface area contributed by atoms with E-state index in [9.17, 15) is 4.79 Å². The zero-order valence-corrected chi connectivity index (χ0v) is 12.0. The Morgan fingerprint density at radius 2 is 2.00 bits per heavy atom. The predicted molar refractivity (Wildman–Crippen MR) is 78.6 cm³/mol. The maximum Gasteiger partial charge on any atom is 0.221 e. The van der Waals surface area contributed by atoms with E-state index in [1.807, 2.05) is 24.3 Å². The lowest BCUT2D eigenvalue weighted by Crippen LogP contribution is -2.27. The second-order valence-electron chi connectivity index (χ2n) is 4.91. The fourth-order valence-electron chi connectivity index (χ4n) is 1.69. The summed E-state index contributed by atoms with van der Waals surface area (Å²) in [5.74, 6) is 1.50. The van der Waals surface area contributed by atoms with Crippen molar-refractivity contribution in [3.8, 4) is 5.75 Å². The van der Waals surface area contributed by atoms with E-state index >= 15 is 0 Å².